The van der Waals surface area contributed by atoms with E-state index in [4.69, 9.17) is 9.47 Å². The van der Waals surface area contributed by atoms with Crippen LogP contribution in [0.25, 0.3) is 0 Å². The standard InChI is InChI=1S/C13H25NO2/c1-4-12(5-1)10-14-7-3-8-15-11-13-6-2-9-16-13/h12-14H,1-11H2. The van der Waals surface area contributed by atoms with Gasteiger partial charge in [0.2, 0.25) is 0 Å². The molecule has 1 saturated carbocycles. The average molecular weight is 227 g/mol. The first-order chi connectivity index (χ1) is 7.95. The lowest BCUT2D eigenvalue weighted by Crippen LogP contribution is -2.28. The third-order valence-corrected chi connectivity index (χ3v) is 3.63. The van der Waals surface area contributed by atoms with E-state index < -0.39 is 0 Å². The molecule has 0 spiro atoms. The number of nitrogens with one attached hydrogen (secondary N) is 1. The van der Waals surface area contributed by atoms with E-state index >= 15 is 0 Å². The fourth-order valence-corrected chi connectivity index (χ4v) is 2.29. The summed E-state index contributed by atoms with van der Waals surface area (Å²) in [4.78, 5) is 0. The van der Waals surface area contributed by atoms with Crippen molar-refractivity contribution in [3.05, 3.63) is 0 Å². The van der Waals surface area contributed by atoms with Crippen LogP contribution in [0.4, 0.5) is 0 Å². The molecule has 0 amide bonds. The first-order valence-corrected chi connectivity index (χ1v) is 6.85. The lowest BCUT2D eigenvalue weighted by atomic mass is 9.85. The molecular weight excluding hydrogens is 202 g/mol. The highest BCUT2D eigenvalue weighted by molar-refractivity contribution is 4.71. The van der Waals surface area contributed by atoms with Crippen LogP contribution < -0.4 is 5.32 Å². The molecule has 1 heterocycles. The Bertz CT molecular complexity index is 177. The van der Waals surface area contributed by atoms with Crippen molar-refractivity contribution in [3.8, 4) is 0 Å². The molecule has 0 aromatic rings. The van der Waals surface area contributed by atoms with E-state index in [9.17, 15) is 0 Å². The molecule has 2 rings (SSSR count). The molecule has 3 nitrogen and oxygen atoms in total. The van der Waals surface area contributed by atoms with E-state index in [0.717, 1.165) is 38.7 Å². The van der Waals surface area contributed by atoms with Crippen LogP contribution in [-0.4, -0.2) is 39.0 Å². The smallest absolute Gasteiger partial charge is 0.0809 e. The van der Waals surface area contributed by atoms with E-state index in [2.05, 4.69) is 5.32 Å². The van der Waals surface area contributed by atoms with Gasteiger partial charge < -0.3 is 14.8 Å². The van der Waals surface area contributed by atoms with E-state index in [0.29, 0.717) is 6.10 Å². The van der Waals surface area contributed by atoms with Gasteiger partial charge in [-0.1, -0.05) is 6.42 Å². The molecule has 1 saturated heterocycles. The Kier molecular flexibility index (Phi) is 5.59. The van der Waals surface area contributed by atoms with Gasteiger partial charge in [0.1, 0.15) is 0 Å². The van der Waals surface area contributed by atoms with Crippen LogP contribution in [0.15, 0.2) is 0 Å². The van der Waals surface area contributed by atoms with Crippen LogP contribution in [-0.2, 0) is 9.47 Å². The molecule has 0 bridgehead atoms. The van der Waals surface area contributed by atoms with E-state index in [1.165, 1.54) is 38.6 Å². The monoisotopic (exact) mass is 227 g/mol. The van der Waals surface area contributed by atoms with Crippen molar-refractivity contribution >= 4 is 0 Å². The predicted molar refractivity (Wildman–Crippen MR) is 64.6 cm³/mol. The molecule has 0 radical (unpaired) electrons. The maximum atomic E-state index is 5.60. The summed E-state index contributed by atoms with van der Waals surface area (Å²) in [6, 6.07) is 0. The lowest BCUT2D eigenvalue weighted by Gasteiger charge is -2.25. The van der Waals surface area contributed by atoms with Crippen molar-refractivity contribution < 1.29 is 9.47 Å². The van der Waals surface area contributed by atoms with Crippen LogP contribution in [0.5, 0.6) is 0 Å². The molecular formula is C13H25NO2. The summed E-state index contributed by atoms with van der Waals surface area (Å²) in [6.07, 6.45) is 8.20. The van der Waals surface area contributed by atoms with Crippen molar-refractivity contribution in [2.24, 2.45) is 5.92 Å². The van der Waals surface area contributed by atoms with E-state index in [1.807, 2.05) is 0 Å². The fraction of sp³-hybridized carbons (Fsp3) is 1.00. The molecule has 0 aromatic heterocycles. The minimum absolute atomic E-state index is 0.378. The Morgan fingerprint density at radius 2 is 2.12 bits per heavy atom. The van der Waals surface area contributed by atoms with Crippen molar-refractivity contribution in [3.63, 3.8) is 0 Å². The minimum Gasteiger partial charge on any atom is -0.379 e. The molecule has 1 unspecified atom stereocenters. The average Bonchev–Trinajstić information content (AvgIpc) is 2.72. The fourth-order valence-electron chi connectivity index (χ4n) is 2.29. The lowest BCUT2D eigenvalue weighted by molar-refractivity contribution is 0.0166. The first kappa shape index (κ1) is 12.3. The van der Waals surface area contributed by atoms with Gasteiger partial charge in [0.05, 0.1) is 12.7 Å². The zero-order valence-electron chi connectivity index (χ0n) is 10.2. The highest BCUT2D eigenvalue weighted by Crippen LogP contribution is 2.24. The summed E-state index contributed by atoms with van der Waals surface area (Å²) in [6.45, 7) is 4.91. The Labute approximate surface area is 98.9 Å². The van der Waals surface area contributed by atoms with Crippen LogP contribution in [0.1, 0.15) is 38.5 Å². The summed E-state index contributed by atoms with van der Waals surface area (Å²) in [7, 11) is 0. The maximum absolute atomic E-state index is 5.60. The van der Waals surface area contributed by atoms with Gasteiger partial charge in [-0.15, -0.1) is 0 Å². The second-order valence-electron chi connectivity index (χ2n) is 5.06. The van der Waals surface area contributed by atoms with Gasteiger partial charge in [0.25, 0.3) is 0 Å². The molecule has 0 aromatic carbocycles. The largest absolute Gasteiger partial charge is 0.379 e. The highest BCUT2D eigenvalue weighted by Gasteiger charge is 2.16. The second-order valence-corrected chi connectivity index (χ2v) is 5.06. The molecule has 2 aliphatic rings. The molecule has 94 valence electrons. The summed E-state index contributed by atoms with van der Waals surface area (Å²) in [5.74, 6) is 0.966. The first-order valence-electron chi connectivity index (χ1n) is 6.85. The number of rotatable bonds is 8. The highest BCUT2D eigenvalue weighted by atomic mass is 16.5. The topological polar surface area (TPSA) is 30.5 Å². The summed E-state index contributed by atoms with van der Waals surface area (Å²) in [5, 5.41) is 3.50. The van der Waals surface area contributed by atoms with Gasteiger partial charge in [0.15, 0.2) is 0 Å². The van der Waals surface area contributed by atoms with Gasteiger partial charge in [-0.2, -0.15) is 0 Å². The third kappa shape index (κ3) is 4.40. The van der Waals surface area contributed by atoms with E-state index in [1.54, 1.807) is 0 Å². The molecule has 2 fully saturated rings. The zero-order chi connectivity index (χ0) is 11.1. The summed E-state index contributed by atoms with van der Waals surface area (Å²) < 4.78 is 11.1. The molecule has 1 aliphatic carbocycles. The Morgan fingerprint density at radius 1 is 1.19 bits per heavy atom. The van der Waals surface area contributed by atoms with Crippen molar-refractivity contribution in [2.45, 2.75) is 44.6 Å². The van der Waals surface area contributed by atoms with Crippen LogP contribution in [0.3, 0.4) is 0 Å². The van der Waals surface area contributed by atoms with E-state index in [-0.39, 0.29) is 0 Å². The Morgan fingerprint density at radius 3 is 2.81 bits per heavy atom. The molecule has 1 N–H and O–H groups in total. The summed E-state index contributed by atoms with van der Waals surface area (Å²) >= 11 is 0. The molecule has 16 heavy (non-hydrogen) atoms. The predicted octanol–water partition coefficient (Wildman–Crippen LogP) is 1.96. The minimum atomic E-state index is 0.378. The van der Waals surface area contributed by atoms with Crippen LogP contribution >= 0.6 is 0 Å². The normalized spacial score (nSPS) is 25.9. The van der Waals surface area contributed by atoms with Gasteiger partial charge in [-0.05, 0) is 51.1 Å². The van der Waals surface area contributed by atoms with Crippen LogP contribution in [0.2, 0.25) is 0 Å². The number of hydrogen-bond acceptors (Lipinski definition) is 3. The van der Waals surface area contributed by atoms with Crippen molar-refractivity contribution in [1.82, 2.24) is 5.32 Å². The van der Waals surface area contributed by atoms with Crippen molar-refractivity contribution in [2.75, 3.05) is 32.9 Å². The molecule has 1 atom stereocenters. The number of ether oxygens (including phenoxy) is 2. The van der Waals surface area contributed by atoms with Crippen LogP contribution in [0, 0.1) is 5.92 Å². The summed E-state index contributed by atoms with van der Waals surface area (Å²) in [5.41, 5.74) is 0. The molecule has 3 heteroatoms. The Hall–Kier alpha value is -0.120. The van der Waals surface area contributed by atoms with Gasteiger partial charge in [0, 0.05) is 13.2 Å². The van der Waals surface area contributed by atoms with Crippen molar-refractivity contribution in [1.29, 1.82) is 0 Å². The van der Waals surface area contributed by atoms with Gasteiger partial charge >= 0.3 is 0 Å². The zero-order valence-corrected chi connectivity index (χ0v) is 10.2. The molecule has 1 aliphatic heterocycles. The van der Waals surface area contributed by atoms with Gasteiger partial charge in [-0.25, -0.2) is 0 Å². The quantitative estimate of drug-likeness (QED) is 0.643. The number of hydrogen-bond donors (Lipinski definition) is 1. The third-order valence-electron chi connectivity index (χ3n) is 3.63. The maximum Gasteiger partial charge on any atom is 0.0809 e. The SMILES string of the molecule is C(CNCC1CCC1)COCC1CCCO1. The van der Waals surface area contributed by atoms with Gasteiger partial charge in [-0.3, -0.25) is 0 Å². The second kappa shape index (κ2) is 7.25. The Balaban J connectivity index is 1.32.